The fourth-order valence-corrected chi connectivity index (χ4v) is 1.68. The highest BCUT2D eigenvalue weighted by molar-refractivity contribution is 5.95. The van der Waals surface area contributed by atoms with Crippen LogP contribution in [0.4, 0.5) is 5.69 Å². The van der Waals surface area contributed by atoms with Crippen molar-refractivity contribution < 1.29 is 4.79 Å². The number of benzene rings is 1. The number of hydrogen-bond acceptors (Lipinski definition) is 2. The van der Waals surface area contributed by atoms with Crippen molar-refractivity contribution >= 4 is 11.6 Å². The van der Waals surface area contributed by atoms with Gasteiger partial charge in [0.15, 0.2) is 0 Å². The lowest BCUT2D eigenvalue weighted by Crippen LogP contribution is -2.25. The van der Waals surface area contributed by atoms with Crippen LogP contribution in [0.15, 0.2) is 18.2 Å². The predicted molar refractivity (Wildman–Crippen MR) is 73.6 cm³/mol. The summed E-state index contributed by atoms with van der Waals surface area (Å²) in [5, 5.41) is 6.21. The highest BCUT2D eigenvalue weighted by Gasteiger charge is 2.23. The molecule has 1 aromatic rings. The summed E-state index contributed by atoms with van der Waals surface area (Å²) in [7, 11) is 0. The van der Waals surface area contributed by atoms with Crippen molar-refractivity contribution in [3.63, 3.8) is 0 Å². The molecule has 0 aromatic heterocycles. The van der Waals surface area contributed by atoms with E-state index in [0.29, 0.717) is 18.2 Å². The van der Waals surface area contributed by atoms with Crippen LogP contribution in [0.1, 0.15) is 35.7 Å². The van der Waals surface area contributed by atoms with Gasteiger partial charge in [0.2, 0.25) is 0 Å². The van der Waals surface area contributed by atoms with E-state index in [1.807, 2.05) is 32.0 Å². The van der Waals surface area contributed by atoms with Crippen LogP contribution in [0.5, 0.6) is 0 Å². The van der Waals surface area contributed by atoms with Gasteiger partial charge in [-0.2, -0.15) is 0 Å². The largest absolute Gasteiger partial charge is 0.374 e. The molecule has 1 fully saturated rings. The minimum Gasteiger partial charge on any atom is -0.374 e. The molecule has 0 aliphatic heterocycles. The molecular weight excluding hydrogens is 224 g/mol. The Morgan fingerprint density at radius 1 is 1.44 bits per heavy atom. The Bertz CT molecular complexity index is 507. The molecule has 0 heterocycles. The summed E-state index contributed by atoms with van der Waals surface area (Å²) in [5.41, 5.74) is 2.80. The second-order valence-corrected chi connectivity index (χ2v) is 4.56. The molecule has 1 saturated carbocycles. The molecule has 0 radical (unpaired) electrons. The van der Waals surface area contributed by atoms with Crippen molar-refractivity contribution in [2.24, 2.45) is 0 Å². The Hall–Kier alpha value is -1.95. The minimum atomic E-state index is 0.0159. The quantitative estimate of drug-likeness (QED) is 0.796. The van der Waals surface area contributed by atoms with Gasteiger partial charge < -0.3 is 10.6 Å². The Balaban J connectivity index is 2.07. The standard InChI is InChI=1S/C15H18N2O/c1-3-4-9-16-14-10-12(6-5-11(14)2)15(18)17-13-7-8-13/h5-6,10,13,16H,7-9H2,1-2H3,(H,17,18). The van der Waals surface area contributed by atoms with Gasteiger partial charge in [0, 0.05) is 17.3 Å². The molecule has 0 spiro atoms. The third-order valence-electron chi connectivity index (χ3n) is 2.96. The SMILES string of the molecule is CC#CCNc1cc(C(=O)NC2CC2)ccc1C. The monoisotopic (exact) mass is 242 g/mol. The van der Waals surface area contributed by atoms with E-state index >= 15 is 0 Å². The molecule has 3 heteroatoms. The van der Waals surface area contributed by atoms with E-state index in [4.69, 9.17) is 0 Å². The molecule has 0 bridgehead atoms. The first kappa shape index (κ1) is 12.5. The fourth-order valence-electron chi connectivity index (χ4n) is 1.68. The second kappa shape index (κ2) is 5.59. The molecule has 2 N–H and O–H groups in total. The molecule has 3 nitrogen and oxygen atoms in total. The topological polar surface area (TPSA) is 41.1 Å². The number of carbonyl (C=O) groups excluding carboxylic acids is 1. The van der Waals surface area contributed by atoms with Crippen molar-refractivity contribution in [3.05, 3.63) is 29.3 Å². The first-order valence-electron chi connectivity index (χ1n) is 6.25. The zero-order valence-corrected chi connectivity index (χ0v) is 10.8. The molecule has 0 unspecified atom stereocenters. The molecule has 18 heavy (non-hydrogen) atoms. The van der Waals surface area contributed by atoms with E-state index in [1.54, 1.807) is 0 Å². The van der Waals surface area contributed by atoms with E-state index in [2.05, 4.69) is 22.5 Å². The normalized spacial score (nSPS) is 13.4. The first-order chi connectivity index (χ1) is 8.70. The molecular formula is C15H18N2O. The van der Waals surface area contributed by atoms with Crippen LogP contribution in [0.25, 0.3) is 0 Å². The van der Waals surface area contributed by atoms with E-state index < -0.39 is 0 Å². The van der Waals surface area contributed by atoms with Gasteiger partial charge in [0.05, 0.1) is 6.54 Å². The zero-order valence-electron chi connectivity index (χ0n) is 10.8. The van der Waals surface area contributed by atoms with Crippen LogP contribution in [-0.4, -0.2) is 18.5 Å². The zero-order chi connectivity index (χ0) is 13.0. The molecule has 0 atom stereocenters. The third-order valence-corrected chi connectivity index (χ3v) is 2.96. The van der Waals surface area contributed by atoms with Crippen molar-refractivity contribution in [1.29, 1.82) is 0 Å². The number of nitrogens with one attached hydrogen (secondary N) is 2. The van der Waals surface area contributed by atoms with Gasteiger partial charge in [-0.1, -0.05) is 12.0 Å². The van der Waals surface area contributed by atoms with E-state index in [0.717, 1.165) is 24.1 Å². The molecule has 2 rings (SSSR count). The van der Waals surface area contributed by atoms with Gasteiger partial charge >= 0.3 is 0 Å². The van der Waals surface area contributed by atoms with Crippen molar-refractivity contribution in [1.82, 2.24) is 5.32 Å². The van der Waals surface area contributed by atoms with Gasteiger partial charge in [0.25, 0.3) is 5.91 Å². The summed E-state index contributed by atoms with van der Waals surface area (Å²) in [6.07, 6.45) is 2.21. The molecule has 94 valence electrons. The molecule has 1 amide bonds. The summed E-state index contributed by atoms with van der Waals surface area (Å²) < 4.78 is 0. The number of hydrogen-bond donors (Lipinski definition) is 2. The summed E-state index contributed by atoms with van der Waals surface area (Å²) in [6.45, 7) is 4.43. The highest BCUT2D eigenvalue weighted by atomic mass is 16.1. The molecule has 1 aliphatic carbocycles. The van der Waals surface area contributed by atoms with Gasteiger partial charge in [-0.05, 0) is 44.4 Å². The van der Waals surface area contributed by atoms with Crippen molar-refractivity contribution in [2.45, 2.75) is 32.7 Å². The average Bonchev–Trinajstić information content (AvgIpc) is 3.15. The molecule has 1 aliphatic rings. The predicted octanol–water partition coefficient (Wildman–Crippen LogP) is 2.32. The summed E-state index contributed by atoms with van der Waals surface area (Å²) in [4.78, 5) is 11.9. The maximum Gasteiger partial charge on any atom is 0.251 e. The summed E-state index contributed by atoms with van der Waals surface area (Å²) in [6, 6.07) is 6.11. The number of carbonyl (C=O) groups is 1. The van der Waals surface area contributed by atoms with Crippen LogP contribution in [0.3, 0.4) is 0 Å². The van der Waals surface area contributed by atoms with Crippen LogP contribution in [0, 0.1) is 18.8 Å². The lowest BCUT2D eigenvalue weighted by molar-refractivity contribution is 0.0951. The Labute approximate surface area is 108 Å². The van der Waals surface area contributed by atoms with Crippen molar-refractivity contribution in [3.8, 4) is 11.8 Å². The van der Waals surface area contributed by atoms with Crippen LogP contribution >= 0.6 is 0 Å². The minimum absolute atomic E-state index is 0.0159. The van der Waals surface area contributed by atoms with Crippen LogP contribution in [-0.2, 0) is 0 Å². The van der Waals surface area contributed by atoms with Gasteiger partial charge in [-0.15, -0.1) is 5.92 Å². The van der Waals surface area contributed by atoms with Crippen LogP contribution in [0.2, 0.25) is 0 Å². The van der Waals surface area contributed by atoms with Crippen molar-refractivity contribution in [2.75, 3.05) is 11.9 Å². The van der Waals surface area contributed by atoms with E-state index in [1.165, 1.54) is 0 Å². The average molecular weight is 242 g/mol. The lowest BCUT2D eigenvalue weighted by atomic mass is 10.1. The Morgan fingerprint density at radius 2 is 2.22 bits per heavy atom. The van der Waals surface area contributed by atoms with Gasteiger partial charge in [-0.3, -0.25) is 4.79 Å². The highest BCUT2D eigenvalue weighted by Crippen LogP contribution is 2.21. The maximum absolute atomic E-state index is 11.9. The van der Waals surface area contributed by atoms with Gasteiger partial charge in [0.1, 0.15) is 0 Å². The molecule has 0 saturated heterocycles. The Morgan fingerprint density at radius 3 is 2.89 bits per heavy atom. The Kier molecular flexibility index (Phi) is 3.88. The third kappa shape index (κ3) is 3.27. The van der Waals surface area contributed by atoms with Crippen LogP contribution < -0.4 is 10.6 Å². The number of aryl methyl sites for hydroxylation is 1. The lowest BCUT2D eigenvalue weighted by Gasteiger charge is -2.09. The maximum atomic E-state index is 11.9. The second-order valence-electron chi connectivity index (χ2n) is 4.56. The van der Waals surface area contributed by atoms with E-state index in [9.17, 15) is 4.79 Å². The first-order valence-corrected chi connectivity index (χ1v) is 6.25. The summed E-state index contributed by atoms with van der Waals surface area (Å²) in [5.74, 6) is 5.81. The number of amides is 1. The number of anilines is 1. The summed E-state index contributed by atoms with van der Waals surface area (Å²) >= 11 is 0. The number of rotatable bonds is 4. The fraction of sp³-hybridized carbons (Fsp3) is 0.400. The van der Waals surface area contributed by atoms with Gasteiger partial charge in [-0.25, -0.2) is 0 Å². The molecule has 1 aromatic carbocycles. The smallest absolute Gasteiger partial charge is 0.251 e. The van der Waals surface area contributed by atoms with E-state index in [-0.39, 0.29) is 5.91 Å².